The van der Waals surface area contributed by atoms with Crippen molar-refractivity contribution in [1.82, 2.24) is 10.6 Å². The van der Waals surface area contributed by atoms with E-state index in [1.807, 2.05) is 24.3 Å². The van der Waals surface area contributed by atoms with Gasteiger partial charge in [0.25, 0.3) is 0 Å². The largest absolute Gasteiger partial charge is 0.497 e. The number of hydrogen-bond acceptors (Lipinski definition) is 5. The number of halogens is 1. The maximum absolute atomic E-state index is 12.0. The van der Waals surface area contributed by atoms with E-state index in [2.05, 4.69) is 10.6 Å². The lowest BCUT2D eigenvalue weighted by Gasteiger charge is -2.13. The van der Waals surface area contributed by atoms with Gasteiger partial charge in [0.1, 0.15) is 5.75 Å². The molecule has 0 spiro atoms. The number of nitrogens with one attached hydrogen (secondary N) is 2. The zero-order valence-corrected chi connectivity index (χ0v) is 17.3. The predicted octanol–water partition coefficient (Wildman–Crippen LogP) is 3.57. The molecule has 0 unspecified atom stereocenters. The van der Waals surface area contributed by atoms with Crippen LogP contribution in [0.15, 0.2) is 42.5 Å². The highest BCUT2D eigenvalue weighted by atomic mass is 35.5. The zero-order chi connectivity index (χ0) is 20.5. The van der Waals surface area contributed by atoms with Gasteiger partial charge in [0.15, 0.2) is 16.6 Å². The molecule has 2 rings (SSSR count). The highest BCUT2D eigenvalue weighted by Crippen LogP contribution is 2.32. The van der Waals surface area contributed by atoms with E-state index >= 15 is 0 Å². The van der Waals surface area contributed by atoms with Crippen LogP contribution in [0.2, 0.25) is 5.02 Å². The number of benzene rings is 2. The van der Waals surface area contributed by atoms with E-state index in [0.29, 0.717) is 23.1 Å². The third kappa shape index (κ3) is 6.14. The third-order valence-corrected chi connectivity index (χ3v) is 4.37. The zero-order valence-electron chi connectivity index (χ0n) is 15.7. The summed E-state index contributed by atoms with van der Waals surface area (Å²) >= 11 is 11.4. The van der Waals surface area contributed by atoms with Gasteiger partial charge in [0.05, 0.1) is 21.3 Å². The van der Waals surface area contributed by atoms with Crippen molar-refractivity contribution in [2.75, 3.05) is 21.3 Å². The molecule has 2 aromatic carbocycles. The standard InChI is InChI=1S/C20H21ClN2O4S/c1-25-15-7-4-13(5-8-15)6-9-19(24)23-20(28)22-12-14-10-17(26-2)18(27-3)11-16(14)21/h4-11H,12H2,1-3H3,(H2,22,23,24,28)/b9-6+. The van der Waals surface area contributed by atoms with E-state index in [1.54, 1.807) is 32.4 Å². The molecule has 0 bridgehead atoms. The van der Waals surface area contributed by atoms with Gasteiger partial charge >= 0.3 is 0 Å². The quantitative estimate of drug-likeness (QED) is 0.527. The Hall–Kier alpha value is -2.77. The molecule has 0 aliphatic rings. The van der Waals surface area contributed by atoms with Crippen LogP contribution in [-0.4, -0.2) is 32.3 Å². The van der Waals surface area contributed by atoms with Crippen LogP contribution in [0, 0.1) is 0 Å². The van der Waals surface area contributed by atoms with Crippen LogP contribution < -0.4 is 24.8 Å². The van der Waals surface area contributed by atoms with Crippen LogP contribution in [0.3, 0.4) is 0 Å². The van der Waals surface area contributed by atoms with Crippen molar-refractivity contribution in [2.24, 2.45) is 0 Å². The van der Waals surface area contributed by atoms with Gasteiger partial charge in [-0.25, -0.2) is 0 Å². The Balaban J connectivity index is 1.89. The number of hydrogen-bond donors (Lipinski definition) is 2. The smallest absolute Gasteiger partial charge is 0.250 e. The fourth-order valence-electron chi connectivity index (χ4n) is 2.29. The second-order valence-corrected chi connectivity index (χ2v) is 6.39. The molecule has 0 saturated carbocycles. The predicted molar refractivity (Wildman–Crippen MR) is 114 cm³/mol. The van der Waals surface area contributed by atoms with Crippen molar-refractivity contribution in [2.45, 2.75) is 6.54 Å². The highest BCUT2D eigenvalue weighted by molar-refractivity contribution is 7.80. The van der Waals surface area contributed by atoms with E-state index in [4.69, 9.17) is 38.0 Å². The first kappa shape index (κ1) is 21.5. The summed E-state index contributed by atoms with van der Waals surface area (Å²) in [5.74, 6) is 1.50. The molecule has 2 N–H and O–H groups in total. The number of ether oxygens (including phenoxy) is 3. The average Bonchev–Trinajstić information content (AvgIpc) is 2.71. The van der Waals surface area contributed by atoms with E-state index in [-0.39, 0.29) is 11.0 Å². The first-order valence-corrected chi connectivity index (χ1v) is 9.06. The Morgan fingerprint density at radius 2 is 1.71 bits per heavy atom. The SMILES string of the molecule is COc1ccc(/C=C/C(=O)NC(=S)NCc2cc(OC)c(OC)cc2Cl)cc1. The van der Waals surface area contributed by atoms with Crippen LogP contribution in [0.5, 0.6) is 17.2 Å². The summed E-state index contributed by atoms with van der Waals surface area (Å²) in [5, 5.41) is 6.21. The molecular formula is C20H21ClN2O4S. The van der Waals surface area contributed by atoms with E-state index in [1.165, 1.54) is 13.2 Å². The summed E-state index contributed by atoms with van der Waals surface area (Å²) < 4.78 is 15.6. The summed E-state index contributed by atoms with van der Waals surface area (Å²) in [6.07, 6.45) is 3.09. The summed E-state index contributed by atoms with van der Waals surface area (Å²) in [4.78, 5) is 12.0. The molecule has 0 radical (unpaired) electrons. The molecular weight excluding hydrogens is 400 g/mol. The lowest BCUT2D eigenvalue weighted by molar-refractivity contribution is -0.115. The summed E-state index contributed by atoms with van der Waals surface area (Å²) in [5.41, 5.74) is 1.62. The van der Waals surface area contributed by atoms with Crippen LogP contribution in [0.25, 0.3) is 6.08 Å². The molecule has 8 heteroatoms. The minimum Gasteiger partial charge on any atom is -0.497 e. The van der Waals surface area contributed by atoms with Gasteiger partial charge < -0.3 is 19.5 Å². The molecule has 0 aromatic heterocycles. The Bertz CT molecular complexity index is 869. The molecule has 0 aliphatic heterocycles. The molecule has 0 atom stereocenters. The number of rotatable bonds is 7. The van der Waals surface area contributed by atoms with E-state index in [9.17, 15) is 4.79 Å². The molecule has 1 amide bonds. The normalized spacial score (nSPS) is 10.4. The number of carbonyl (C=O) groups excluding carboxylic acids is 1. The van der Waals surface area contributed by atoms with Gasteiger partial charge in [-0.3, -0.25) is 10.1 Å². The molecule has 28 heavy (non-hydrogen) atoms. The van der Waals surface area contributed by atoms with Gasteiger partial charge in [-0.2, -0.15) is 0 Å². The fraction of sp³-hybridized carbons (Fsp3) is 0.200. The Labute approximate surface area is 174 Å². The maximum atomic E-state index is 12.0. The third-order valence-electron chi connectivity index (χ3n) is 3.77. The Morgan fingerprint density at radius 1 is 1.07 bits per heavy atom. The fourth-order valence-corrected chi connectivity index (χ4v) is 2.69. The average molecular weight is 421 g/mol. The van der Waals surface area contributed by atoms with Crippen LogP contribution in [-0.2, 0) is 11.3 Å². The van der Waals surface area contributed by atoms with Crippen molar-refractivity contribution in [3.8, 4) is 17.2 Å². The number of methoxy groups -OCH3 is 3. The van der Waals surface area contributed by atoms with Crippen molar-refractivity contribution in [3.63, 3.8) is 0 Å². The van der Waals surface area contributed by atoms with Crippen LogP contribution >= 0.6 is 23.8 Å². The second kappa shape index (κ2) is 10.5. The first-order valence-electron chi connectivity index (χ1n) is 8.28. The minimum atomic E-state index is -0.341. The number of thiocarbonyl (C=S) groups is 1. The molecule has 6 nitrogen and oxygen atoms in total. The van der Waals surface area contributed by atoms with Gasteiger partial charge in [0, 0.05) is 23.7 Å². The number of amides is 1. The molecule has 0 aliphatic carbocycles. The number of carbonyl (C=O) groups is 1. The first-order chi connectivity index (χ1) is 13.5. The molecule has 0 saturated heterocycles. The van der Waals surface area contributed by atoms with Crippen molar-refractivity contribution >= 4 is 40.9 Å². The molecule has 2 aromatic rings. The van der Waals surface area contributed by atoms with E-state index < -0.39 is 0 Å². The van der Waals surface area contributed by atoms with Gasteiger partial charge in [-0.15, -0.1) is 0 Å². The van der Waals surface area contributed by atoms with Crippen molar-refractivity contribution in [3.05, 3.63) is 58.6 Å². The molecule has 0 heterocycles. The van der Waals surface area contributed by atoms with E-state index in [0.717, 1.165) is 16.9 Å². The van der Waals surface area contributed by atoms with Gasteiger partial charge in [-0.1, -0.05) is 23.7 Å². The highest BCUT2D eigenvalue weighted by Gasteiger charge is 2.10. The second-order valence-electron chi connectivity index (χ2n) is 5.58. The molecule has 148 valence electrons. The van der Waals surface area contributed by atoms with Crippen molar-refractivity contribution < 1.29 is 19.0 Å². The maximum Gasteiger partial charge on any atom is 0.250 e. The monoisotopic (exact) mass is 420 g/mol. The topological polar surface area (TPSA) is 68.8 Å². The summed E-state index contributed by atoms with van der Waals surface area (Å²) in [6.45, 7) is 0.320. The minimum absolute atomic E-state index is 0.190. The lowest BCUT2D eigenvalue weighted by Crippen LogP contribution is -2.38. The summed E-state index contributed by atoms with van der Waals surface area (Å²) in [6, 6.07) is 10.7. The molecule has 0 fully saturated rings. The van der Waals surface area contributed by atoms with Crippen LogP contribution in [0.1, 0.15) is 11.1 Å². The lowest BCUT2D eigenvalue weighted by atomic mass is 10.2. The summed E-state index contributed by atoms with van der Waals surface area (Å²) in [7, 11) is 4.68. The van der Waals surface area contributed by atoms with Gasteiger partial charge in [0.2, 0.25) is 5.91 Å². The van der Waals surface area contributed by atoms with Gasteiger partial charge in [-0.05, 0) is 47.6 Å². The van der Waals surface area contributed by atoms with Crippen molar-refractivity contribution in [1.29, 1.82) is 0 Å². The Kier molecular flexibility index (Phi) is 8.10. The Morgan fingerprint density at radius 3 is 2.32 bits per heavy atom. The van der Waals surface area contributed by atoms with Crippen LogP contribution in [0.4, 0.5) is 0 Å².